The summed E-state index contributed by atoms with van der Waals surface area (Å²) in [6, 6.07) is 7.39. The van der Waals surface area contributed by atoms with E-state index >= 15 is 0 Å². The average Bonchev–Trinajstić information content (AvgIpc) is 2.62. The SMILES string of the molecule is C=C/C(OC)=C(\C=C(/C)N)NC(=O)c1ccc(C2(C)CCSC(N)=N2)cc1. The number of ether oxygens (including phenoxy) is 1. The Bertz CT molecular complexity index is 808. The van der Waals surface area contributed by atoms with E-state index in [-0.39, 0.29) is 11.4 Å². The summed E-state index contributed by atoms with van der Waals surface area (Å²) in [4.78, 5) is 17.2. The van der Waals surface area contributed by atoms with E-state index in [2.05, 4.69) is 23.8 Å². The molecular formula is C20H26N4O2S. The molecule has 0 aromatic heterocycles. The number of amides is 1. The monoisotopic (exact) mass is 386 g/mol. The standard InChI is InChI=1S/C20H26N4O2S/c1-5-17(26-4)16(12-13(2)21)23-18(25)14-6-8-15(9-7-14)20(3)10-11-27-19(22)24-20/h5-9,12H,1,10-11,21H2,2-4H3,(H2,22,24)(H,23,25)/b13-12+,17-16-. The molecule has 1 atom stereocenters. The number of nitrogens with two attached hydrogens (primary N) is 2. The first kappa shape index (κ1) is 20.6. The molecule has 0 fully saturated rings. The van der Waals surface area contributed by atoms with Crippen LogP contribution in [0.5, 0.6) is 0 Å². The molecule has 0 aliphatic carbocycles. The number of rotatable bonds is 6. The number of methoxy groups -OCH3 is 1. The van der Waals surface area contributed by atoms with Gasteiger partial charge in [0.15, 0.2) is 5.17 Å². The molecular weight excluding hydrogens is 360 g/mol. The van der Waals surface area contributed by atoms with Gasteiger partial charge in [0.1, 0.15) is 5.76 Å². The van der Waals surface area contributed by atoms with E-state index in [0.29, 0.717) is 27.9 Å². The lowest BCUT2D eigenvalue weighted by Gasteiger charge is -2.29. The molecule has 0 bridgehead atoms. The molecule has 144 valence electrons. The summed E-state index contributed by atoms with van der Waals surface area (Å²) in [6.45, 7) is 7.47. The van der Waals surface area contributed by atoms with Crippen molar-refractivity contribution in [1.82, 2.24) is 5.32 Å². The fraction of sp³-hybridized carbons (Fsp3) is 0.300. The Morgan fingerprint density at radius 2 is 2.07 bits per heavy atom. The smallest absolute Gasteiger partial charge is 0.255 e. The minimum atomic E-state index is -0.360. The van der Waals surface area contributed by atoms with Crippen LogP contribution in [0.4, 0.5) is 0 Å². The summed E-state index contributed by atoms with van der Waals surface area (Å²) >= 11 is 1.56. The highest BCUT2D eigenvalue weighted by Gasteiger charge is 2.29. The van der Waals surface area contributed by atoms with E-state index in [0.717, 1.165) is 17.7 Å². The van der Waals surface area contributed by atoms with Crippen LogP contribution in [0.2, 0.25) is 0 Å². The van der Waals surface area contributed by atoms with Crippen molar-refractivity contribution in [1.29, 1.82) is 0 Å². The normalized spacial score (nSPS) is 21.0. The lowest BCUT2D eigenvalue weighted by molar-refractivity contribution is 0.0964. The first-order chi connectivity index (χ1) is 12.8. The van der Waals surface area contributed by atoms with Crippen molar-refractivity contribution in [3.05, 3.63) is 71.3 Å². The van der Waals surface area contributed by atoms with Gasteiger partial charge in [-0.3, -0.25) is 9.79 Å². The third-order valence-corrected chi connectivity index (χ3v) is 5.05. The van der Waals surface area contributed by atoms with Crippen LogP contribution in [-0.2, 0) is 10.3 Å². The number of allylic oxidation sites excluding steroid dienone is 3. The number of carbonyl (C=O) groups excluding carboxylic acids is 1. The van der Waals surface area contributed by atoms with Crippen molar-refractivity contribution in [2.24, 2.45) is 16.5 Å². The second-order valence-electron chi connectivity index (χ2n) is 6.43. The number of amidine groups is 1. The maximum Gasteiger partial charge on any atom is 0.255 e. The second kappa shape index (κ2) is 8.81. The molecule has 1 aliphatic heterocycles. The van der Waals surface area contributed by atoms with E-state index in [1.165, 1.54) is 13.2 Å². The predicted molar refractivity (Wildman–Crippen MR) is 112 cm³/mol. The molecule has 0 spiro atoms. The van der Waals surface area contributed by atoms with Crippen molar-refractivity contribution < 1.29 is 9.53 Å². The molecule has 7 heteroatoms. The number of aliphatic imine (C=N–C) groups is 1. The Morgan fingerprint density at radius 3 is 2.59 bits per heavy atom. The Morgan fingerprint density at radius 1 is 1.41 bits per heavy atom. The Balaban J connectivity index is 2.25. The summed E-state index contributed by atoms with van der Waals surface area (Å²) in [5.74, 6) is 1.09. The zero-order chi connectivity index (χ0) is 20.0. The van der Waals surface area contributed by atoms with Crippen LogP contribution in [0.15, 0.2) is 65.1 Å². The summed E-state index contributed by atoms with van der Waals surface area (Å²) in [5, 5.41) is 3.42. The van der Waals surface area contributed by atoms with Gasteiger partial charge in [0.25, 0.3) is 5.91 Å². The molecule has 27 heavy (non-hydrogen) atoms. The number of nitrogens with zero attached hydrogens (tertiary/aromatic N) is 1. The molecule has 2 rings (SSSR count). The maximum atomic E-state index is 12.6. The molecule has 0 saturated heterocycles. The lowest BCUT2D eigenvalue weighted by Crippen LogP contribution is -2.29. The van der Waals surface area contributed by atoms with Crippen LogP contribution in [0.1, 0.15) is 36.2 Å². The Hall–Kier alpha value is -2.67. The topological polar surface area (TPSA) is 103 Å². The number of benzene rings is 1. The van der Waals surface area contributed by atoms with Crippen LogP contribution in [0.3, 0.4) is 0 Å². The molecule has 5 N–H and O–H groups in total. The number of thioether (sulfide) groups is 1. The predicted octanol–water partition coefficient (Wildman–Crippen LogP) is 2.99. The molecule has 1 aromatic rings. The summed E-state index contributed by atoms with van der Waals surface area (Å²) in [6.07, 6.45) is 4.04. The lowest BCUT2D eigenvalue weighted by atomic mass is 9.89. The third-order valence-electron chi connectivity index (χ3n) is 4.26. The summed E-state index contributed by atoms with van der Waals surface area (Å²) < 4.78 is 5.24. The van der Waals surface area contributed by atoms with Crippen molar-refractivity contribution in [3.8, 4) is 0 Å². The van der Waals surface area contributed by atoms with Gasteiger partial charge < -0.3 is 21.5 Å². The summed E-state index contributed by atoms with van der Waals surface area (Å²) in [7, 11) is 1.51. The van der Waals surface area contributed by atoms with Crippen molar-refractivity contribution in [2.75, 3.05) is 12.9 Å². The van der Waals surface area contributed by atoms with E-state index in [9.17, 15) is 4.79 Å². The summed E-state index contributed by atoms with van der Waals surface area (Å²) in [5.41, 5.74) is 13.8. The number of hydrogen-bond acceptors (Lipinski definition) is 6. The largest absolute Gasteiger partial charge is 0.495 e. The highest BCUT2D eigenvalue weighted by molar-refractivity contribution is 8.13. The number of carbonyl (C=O) groups is 1. The van der Waals surface area contributed by atoms with E-state index in [1.807, 2.05) is 12.1 Å². The highest BCUT2D eigenvalue weighted by Crippen LogP contribution is 2.34. The Kier molecular flexibility index (Phi) is 6.74. The van der Waals surface area contributed by atoms with Crippen LogP contribution in [-0.4, -0.2) is 23.9 Å². The van der Waals surface area contributed by atoms with Gasteiger partial charge in [0, 0.05) is 17.0 Å². The molecule has 1 amide bonds. The van der Waals surface area contributed by atoms with Crippen molar-refractivity contribution in [2.45, 2.75) is 25.8 Å². The second-order valence-corrected chi connectivity index (χ2v) is 7.54. The van der Waals surface area contributed by atoms with Gasteiger partial charge in [-0.2, -0.15) is 0 Å². The fourth-order valence-electron chi connectivity index (χ4n) is 2.77. The highest BCUT2D eigenvalue weighted by atomic mass is 32.2. The first-order valence-electron chi connectivity index (χ1n) is 8.53. The average molecular weight is 387 g/mol. The fourth-order valence-corrected chi connectivity index (χ4v) is 3.74. The van der Waals surface area contributed by atoms with E-state index < -0.39 is 0 Å². The molecule has 0 saturated carbocycles. The molecule has 1 aliphatic rings. The minimum Gasteiger partial charge on any atom is -0.495 e. The van der Waals surface area contributed by atoms with E-state index in [1.54, 1.807) is 36.9 Å². The van der Waals surface area contributed by atoms with Crippen LogP contribution < -0.4 is 16.8 Å². The quantitative estimate of drug-likeness (QED) is 0.515. The van der Waals surface area contributed by atoms with E-state index in [4.69, 9.17) is 16.2 Å². The first-order valence-corrected chi connectivity index (χ1v) is 9.52. The van der Waals surface area contributed by atoms with Gasteiger partial charge >= 0.3 is 0 Å². The van der Waals surface area contributed by atoms with Gasteiger partial charge in [-0.1, -0.05) is 30.5 Å². The van der Waals surface area contributed by atoms with Gasteiger partial charge in [-0.25, -0.2) is 0 Å². The number of hydrogen-bond donors (Lipinski definition) is 3. The Labute approximate surface area is 164 Å². The van der Waals surface area contributed by atoms with Gasteiger partial charge in [0.05, 0.1) is 18.3 Å². The third kappa shape index (κ3) is 5.17. The van der Waals surface area contributed by atoms with Crippen LogP contribution >= 0.6 is 11.8 Å². The van der Waals surface area contributed by atoms with Crippen LogP contribution in [0, 0.1) is 0 Å². The zero-order valence-corrected chi connectivity index (χ0v) is 16.7. The molecule has 1 heterocycles. The molecule has 0 radical (unpaired) electrons. The minimum absolute atomic E-state index is 0.266. The maximum absolute atomic E-state index is 12.6. The zero-order valence-electron chi connectivity index (χ0n) is 15.9. The van der Waals surface area contributed by atoms with Gasteiger partial charge in [-0.15, -0.1) is 0 Å². The van der Waals surface area contributed by atoms with Crippen LogP contribution in [0.25, 0.3) is 0 Å². The van der Waals surface area contributed by atoms with Crippen molar-refractivity contribution in [3.63, 3.8) is 0 Å². The van der Waals surface area contributed by atoms with Crippen molar-refractivity contribution >= 4 is 22.8 Å². The number of nitrogens with one attached hydrogen (secondary N) is 1. The molecule has 1 unspecified atom stereocenters. The molecule has 6 nitrogen and oxygen atoms in total. The molecule has 1 aromatic carbocycles. The van der Waals surface area contributed by atoms with Gasteiger partial charge in [0.2, 0.25) is 0 Å². The van der Waals surface area contributed by atoms with Gasteiger partial charge in [-0.05, 0) is 50.1 Å².